The lowest BCUT2D eigenvalue weighted by atomic mass is 10.1. The van der Waals surface area contributed by atoms with Crippen molar-refractivity contribution in [2.24, 2.45) is 7.05 Å². The van der Waals surface area contributed by atoms with Crippen molar-refractivity contribution in [2.45, 2.75) is 25.8 Å². The summed E-state index contributed by atoms with van der Waals surface area (Å²) in [5.41, 5.74) is -0.562. The molecule has 1 aliphatic rings. The first-order valence-electron chi connectivity index (χ1n) is 10.9. The van der Waals surface area contributed by atoms with Crippen molar-refractivity contribution in [3.63, 3.8) is 0 Å². The first-order chi connectivity index (χ1) is 17.1. The van der Waals surface area contributed by atoms with Gasteiger partial charge < -0.3 is 19.9 Å². The molecule has 1 atom stereocenters. The molecule has 8 nitrogen and oxygen atoms in total. The zero-order chi connectivity index (χ0) is 26.1. The number of rotatable bonds is 8. The molecular weight excluding hydrogens is 605 g/mol. The fourth-order valence-corrected chi connectivity index (χ4v) is 4.45. The average Bonchev–Trinajstić information content (AvgIpc) is 3.63. The Morgan fingerprint density at radius 3 is 2.58 bits per heavy atom. The molecule has 1 heterocycles. The van der Waals surface area contributed by atoms with E-state index in [2.05, 4.69) is 15.4 Å². The minimum atomic E-state index is -1.54. The lowest BCUT2D eigenvalue weighted by Crippen LogP contribution is -2.31. The van der Waals surface area contributed by atoms with E-state index in [0.29, 0.717) is 3.57 Å². The predicted molar refractivity (Wildman–Crippen MR) is 143 cm³/mol. The van der Waals surface area contributed by atoms with Crippen molar-refractivity contribution in [2.75, 3.05) is 16.3 Å². The van der Waals surface area contributed by atoms with Gasteiger partial charge in [0.2, 0.25) is 0 Å². The van der Waals surface area contributed by atoms with Gasteiger partial charge in [0.25, 0.3) is 11.5 Å². The number of nitrogens with one attached hydrogen (secondary N) is 3. The van der Waals surface area contributed by atoms with Crippen molar-refractivity contribution in [1.29, 1.82) is 0 Å². The van der Waals surface area contributed by atoms with Crippen LogP contribution in [0.3, 0.4) is 0 Å². The third-order valence-electron chi connectivity index (χ3n) is 5.52. The number of pyridine rings is 1. The van der Waals surface area contributed by atoms with Crippen LogP contribution in [0.5, 0.6) is 11.5 Å². The Morgan fingerprint density at radius 2 is 1.94 bits per heavy atom. The molecule has 1 saturated carbocycles. The molecule has 0 radical (unpaired) electrons. The largest absolute Gasteiger partial charge is 0.593 e. The first kappa shape index (κ1) is 26.2. The maximum absolute atomic E-state index is 15.1. The van der Waals surface area contributed by atoms with E-state index in [9.17, 15) is 18.5 Å². The molecule has 1 unspecified atom stereocenters. The minimum Gasteiger partial charge on any atom is -0.593 e. The van der Waals surface area contributed by atoms with Gasteiger partial charge in [-0.3, -0.25) is 14.2 Å². The molecule has 2 aromatic carbocycles. The topological polar surface area (TPSA) is 107 Å². The highest BCUT2D eigenvalue weighted by atomic mass is 127. The van der Waals surface area contributed by atoms with E-state index in [-0.39, 0.29) is 45.9 Å². The Morgan fingerprint density at radius 1 is 1.22 bits per heavy atom. The molecule has 1 fully saturated rings. The van der Waals surface area contributed by atoms with E-state index in [1.54, 1.807) is 6.07 Å². The molecule has 1 amide bonds. The fourth-order valence-electron chi connectivity index (χ4n) is 3.53. The molecule has 3 aromatic rings. The van der Waals surface area contributed by atoms with Crippen LogP contribution in [0.4, 0.5) is 26.0 Å². The Kier molecular flexibility index (Phi) is 7.76. The van der Waals surface area contributed by atoms with E-state index in [4.69, 9.17) is 4.74 Å². The lowest BCUT2D eigenvalue weighted by molar-refractivity contribution is 0.0948. The summed E-state index contributed by atoms with van der Waals surface area (Å²) in [5.74, 6) is -2.44. The summed E-state index contributed by atoms with van der Waals surface area (Å²) in [5, 5.41) is 5.71. The normalized spacial score (nSPS) is 13.8. The first-order valence-corrected chi connectivity index (χ1v) is 13.5. The second-order valence-electron chi connectivity index (χ2n) is 8.31. The van der Waals surface area contributed by atoms with Gasteiger partial charge in [-0.15, -0.1) is 0 Å². The summed E-state index contributed by atoms with van der Waals surface area (Å²) in [6, 6.07) is 8.62. The van der Waals surface area contributed by atoms with Crippen molar-refractivity contribution >= 4 is 57.1 Å². The number of ether oxygens (including phenoxy) is 1. The number of aromatic nitrogens is 1. The van der Waals surface area contributed by atoms with Gasteiger partial charge in [-0.2, -0.15) is 0 Å². The highest BCUT2D eigenvalue weighted by molar-refractivity contribution is 14.1. The van der Waals surface area contributed by atoms with Gasteiger partial charge in [-0.05, 0) is 72.7 Å². The number of amides is 1. The summed E-state index contributed by atoms with van der Waals surface area (Å²) >= 11 is 0.427. The molecule has 3 N–H and O–H groups in total. The zero-order valence-electron chi connectivity index (χ0n) is 19.6. The van der Waals surface area contributed by atoms with Gasteiger partial charge in [-0.25, -0.2) is 13.5 Å². The maximum atomic E-state index is 15.1. The van der Waals surface area contributed by atoms with Crippen LogP contribution in [0.25, 0.3) is 0 Å². The van der Waals surface area contributed by atoms with Crippen LogP contribution in [-0.2, 0) is 18.4 Å². The SMILES string of the molecule is Cc1c(Oc2cccc(N[S+](C)[O-])c2F)c(C(=O)NC2CC2)c(Nc2ccc(I)cc2F)n(C)c1=O. The van der Waals surface area contributed by atoms with Crippen LogP contribution < -0.4 is 25.7 Å². The van der Waals surface area contributed by atoms with Crippen molar-refractivity contribution in [3.05, 3.63) is 73.1 Å². The highest BCUT2D eigenvalue weighted by Crippen LogP contribution is 2.37. The monoisotopic (exact) mass is 628 g/mol. The van der Waals surface area contributed by atoms with Crippen LogP contribution in [0.15, 0.2) is 41.2 Å². The van der Waals surface area contributed by atoms with E-state index in [1.165, 1.54) is 55.1 Å². The number of hydrogen-bond acceptors (Lipinski definition) is 6. The summed E-state index contributed by atoms with van der Waals surface area (Å²) < 4.78 is 51.6. The van der Waals surface area contributed by atoms with E-state index < -0.39 is 34.5 Å². The van der Waals surface area contributed by atoms with Crippen LogP contribution in [0, 0.1) is 22.1 Å². The number of carbonyl (C=O) groups is 1. The van der Waals surface area contributed by atoms with Crippen LogP contribution >= 0.6 is 22.6 Å². The molecule has 12 heteroatoms. The van der Waals surface area contributed by atoms with Gasteiger partial charge in [0.05, 0.1) is 22.6 Å². The minimum absolute atomic E-state index is 0.0109. The number of carbonyl (C=O) groups excluding carboxylic acids is 1. The van der Waals surface area contributed by atoms with E-state index in [1.807, 2.05) is 22.6 Å². The predicted octanol–water partition coefficient (Wildman–Crippen LogP) is 4.71. The van der Waals surface area contributed by atoms with Crippen LogP contribution in [-0.4, -0.2) is 27.3 Å². The molecule has 0 saturated heterocycles. The number of benzene rings is 2. The van der Waals surface area contributed by atoms with Gasteiger partial charge in [0.15, 0.2) is 17.3 Å². The van der Waals surface area contributed by atoms with Gasteiger partial charge in [-0.1, -0.05) is 6.07 Å². The molecule has 190 valence electrons. The molecule has 0 spiro atoms. The standard InChI is InChI=1S/C24H23F2IN4O4S/c1-12-21(35-18-6-4-5-17(20(18)26)30-36(3)34)19(23(32)28-14-8-9-14)22(31(2)24(12)33)29-16-10-7-13(27)11-15(16)25/h4-7,10-11,14,29-30H,8-9H2,1-3H3,(H,28,32). The molecule has 4 rings (SSSR count). The van der Waals surface area contributed by atoms with Gasteiger partial charge in [0.1, 0.15) is 29.1 Å². The number of hydrogen-bond donors (Lipinski definition) is 3. The van der Waals surface area contributed by atoms with Crippen LogP contribution in [0.1, 0.15) is 28.8 Å². The molecular formula is C24H23F2IN4O4S. The van der Waals surface area contributed by atoms with Crippen molar-refractivity contribution in [1.82, 2.24) is 9.88 Å². The third-order valence-corrected chi connectivity index (χ3v) is 6.70. The van der Waals surface area contributed by atoms with Crippen molar-refractivity contribution in [3.8, 4) is 11.5 Å². The maximum Gasteiger partial charge on any atom is 0.259 e. The molecule has 1 aromatic heterocycles. The summed E-state index contributed by atoms with van der Waals surface area (Å²) in [6.45, 7) is 1.46. The van der Waals surface area contributed by atoms with E-state index >= 15 is 4.39 Å². The van der Waals surface area contributed by atoms with Gasteiger partial charge >= 0.3 is 0 Å². The smallest absolute Gasteiger partial charge is 0.259 e. The Bertz CT molecular complexity index is 1400. The Labute approximate surface area is 222 Å². The highest BCUT2D eigenvalue weighted by Gasteiger charge is 2.31. The second-order valence-corrected chi connectivity index (χ2v) is 10.7. The fraction of sp³-hybridized carbons (Fsp3) is 0.250. The lowest BCUT2D eigenvalue weighted by Gasteiger charge is -2.21. The molecule has 0 aliphatic heterocycles. The third kappa shape index (κ3) is 5.60. The molecule has 0 bridgehead atoms. The van der Waals surface area contributed by atoms with Gasteiger partial charge in [0, 0.05) is 16.7 Å². The molecule has 1 aliphatic carbocycles. The summed E-state index contributed by atoms with van der Waals surface area (Å²) in [7, 11) is 1.45. The van der Waals surface area contributed by atoms with E-state index in [0.717, 1.165) is 12.8 Å². The number of halogens is 3. The summed E-state index contributed by atoms with van der Waals surface area (Å²) in [4.78, 5) is 26.5. The number of anilines is 3. The molecule has 36 heavy (non-hydrogen) atoms. The second kappa shape index (κ2) is 10.6. The van der Waals surface area contributed by atoms with Crippen molar-refractivity contribution < 1.29 is 22.9 Å². The zero-order valence-corrected chi connectivity index (χ0v) is 22.6. The Hall–Kier alpha value is -2.84. The summed E-state index contributed by atoms with van der Waals surface area (Å²) in [6.07, 6.45) is 2.95. The van der Waals surface area contributed by atoms with Crippen LogP contribution in [0.2, 0.25) is 0 Å². The quantitative estimate of drug-likeness (QED) is 0.247. The Balaban J connectivity index is 1.88. The average molecular weight is 628 g/mol. The number of nitrogens with zero attached hydrogens (tertiary/aromatic N) is 1.